The fourth-order valence-corrected chi connectivity index (χ4v) is 5.19. The van der Waals surface area contributed by atoms with Crippen molar-refractivity contribution in [2.24, 2.45) is 0 Å². The van der Waals surface area contributed by atoms with Gasteiger partial charge in [0.2, 0.25) is 5.91 Å². The highest BCUT2D eigenvalue weighted by Crippen LogP contribution is 2.29. The number of aliphatic hydroxyl groups is 2. The fourth-order valence-electron chi connectivity index (χ4n) is 5.19. The van der Waals surface area contributed by atoms with Crippen LogP contribution in [-0.4, -0.2) is 90.2 Å². The van der Waals surface area contributed by atoms with Crippen molar-refractivity contribution in [1.82, 2.24) is 15.5 Å². The van der Waals surface area contributed by atoms with E-state index in [4.69, 9.17) is 9.47 Å². The van der Waals surface area contributed by atoms with Crippen LogP contribution in [0.1, 0.15) is 37.3 Å². The second-order valence-electron chi connectivity index (χ2n) is 10.8. The van der Waals surface area contributed by atoms with Gasteiger partial charge in [0.15, 0.2) is 5.78 Å². The lowest BCUT2D eigenvalue weighted by atomic mass is 9.94. The van der Waals surface area contributed by atoms with Gasteiger partial charge in [-0.2, -0.15) is 0 Å². The van der Waals surface area contributed by atoms with Gasteiger partial charge in [-0.3, -0.25) is 19.8 Å². The maximum absolute atomic E-state index is 13.3. The Morgan fingerprint density at radius 2 is 1.79 bits per heavy atom. The summed E-state index contributed by atoms with van der Waals surface area (Å²) in [6, 6.07) is 15.6. The normalized spacial score (nSPS) is 23.4. The van der Waals surface area contributed by atoms with E-state index in [-0.39, 0.29) is 30.9 Å². The first-order valence-electron chi connectivity index (χ1n) is 13.7. The number of likely N-dealkylation sites (tertiary alicyclic amines) is 1. The van der Waals surface area contributed by atoms with Crippen LogP contribution < -0.4 is 15.4 Å². The lowest BCUT2D eigenvalue weighted by Crippen LogP contribution is -2.58. The molecule has 39 heavy (non-hydrogen) atoms. The highest BCUT2D eigenvalue weighted by molar-refractivity contribution is 5.94. The number of nitrogens with zero attached hydrogens (tertiary/aromatic N) is 1. The quantitative estimate of drug-likeness (QED) is 0.210. The molecular weight excluding hydrogens is 498 g/mol. The van der Waals surface area contributed by atoms with Gasteiger partial charge >= 0.3 is 0 Å². The van der Waals surface area contributed by atoms with Crippen LogP contribution in [-0.2, 0) is 27.2 Å². The molecule has 2 aliphatic heterocycles. The molecule has 4 rings (SSSR count). The Balaban J connectivity index is 1.50. The molecule has 0 spiro atoms. The third-order valence-corrected chi connectivity index (χ3v) is 7.72. The summed E-state index contributed by atoms with van der Waals surface area (Å²) in [5, 5.41) is 27.3. The molecule has 0 bridgehead atoms. The molecule has 0 aliphatic carbocycles. The van der Waals surface area contributed by atoms with Crippen molar-refractivity contribution in [1.29, 1.82) is 0 Å². The van der Waals surface area contributed by atoms with Gasteiger partial charge in [0, 0.05) is 6.04 Å². The number of rotatable bonds is 14. The van der Waals surface area contributed by atoms with E-state index in [1.54, 1.807) is 14.0 Å². The van der Waals surface area contributed by atoms with E-state index in [1.165, 1.54) is 0 Å². The number of ketones is 1. The van der Waals surface area contributed by atoms with Gasteiger partial charge in [0.05, 0.1) is 39.0 Å². The average Bonchev–Trinajstić information content (AvgIpc) is 3.71. The number of carbonyl (C=O) groups excluding carboxylic acids is 2. The third kappa shape index (κ3) is 8.09. The highest BCUT2D eigenvalue weighted by Gasteiger charge is 2.50. The molecule has 2 aliphatic rings. The molecule has 2 saturated heterocycles. The van der Waals surface area contributed by atoms with Crippen LogP contribution in [0.2, 0.25) is 0 Å². The number of epoxide rings is 1. The number of hydrogen-bond acceptors (Lipinski definition) is 8. The van der Waals surface area contributed by atoms with E-state index in [0.29, 0.717) is 25.2 Å². The molecule has 0 aromatic heterocycles. The first-order valence-corrected chi connectivity index (χ1v) is 13.7. The van der Waals surface area contributed by atoms with Crippen LogP contribution in [0.25, 0.3) is 0 Å². The monoisotopic (exact) mass is 539 g/mol. The second kappa shape index (κ2) is 13.5. The van der Waals surface area contributed by atoms with E-state index in [0.717, 1.165) is 36.9 Å². The molecule has 0 saturated carbocycles. The summed E-state index contributed by atoms with van der Waals surface area (Å²) in [5.41, 5.74) is 0.987. The Kier molecular flexibility index (Phi) is 10.1. The Morgan fingerprint density at radius 1 is 1.10 bits per heavy atom. The number of ether oxygens (including phenoxy) is 2. The van der Waals surface area contributed by atoms with Gasteiger partial charge in [-0.05, 0) is 62.4 Å². The summed E-state index contributed by atoms with van der Waals surface area (Å²) < 4.78 is 10.7. The topological polar surface area (TPSA) is 124 Å². The van der Waals surface area contributed by atoms with Gasteiger partial charge in [0.1, 0.15) is 17.6 Å². The van der Waals surface area contributed by atoms with Gasteiger partial charge in [-0.25, -0.2) is 0 Å². The molecule has 2 aromatic rings. The summed E-state index contributed by atoms with van der Waals surface area (Å²) in [5.74, 6) is 0.349. The zero-order valence-electron chi connectivity index (χ0n) is 22.8. The maximum Gasteiger partial charge on any atom is 0.234 e. The number of methoxy groups -OCH3 is 1. The Labute approximate surface area is 230 Å². The van der Waals surface area contributed by atoms with Crippen LogP contribution in [0.15, 0.2) is 54.6 Å². The summed E-state index contributed by atoms with van der Waals surface area (Å²) in [6.45, 7) is 3.00. The van der Waals surface area contributed by atoms with Gasteiger partial charge in [-0.1, -0.05) is 48.9 Å². The summed E-state index contributed by atoms with van der Waals surface area (Å²) in [7, 11) is 1.60. The molecule has 5 atom stereocenters. The Bertz CT molecular complexity index is 1080. The number of hydrogen-bond donors (Lipinski definition) is 4. The number of aliphatic hydroxyl groups excluding tert-OH is 2. The lowest BCUT2D eigenvalue weighted by Gasteiger charge is -2.35. The average molecular weight is 540 g/mol. The van der Waals surface area contributed by atoms with E-state index in [9.17, 15) is 19.8 Å². The van der Waals surface area contributed by atoms with Crippen molar-refractivity contribution in [3.63, 3.8) is 0 Å². The predicted octanol–water partition coefficient (Wildman–Crippen LogP) is 1.45. The molecule has 2 aromatic carbocycles. The molecule has 9 nitrogen and oxygen atoms in total. The van der Waals surface area contributed by atoms with Crippen molar-refractivity contribution >= 4 is 11.7 Å². The Hall–Kier alpha value is -2.82. The fraction of sp³-hybridized carbons (Fsp3) is 0.533. The zero-order valence-corrected chi connectivity index (χ0v) is 22.8. The zero-order chi connectivity index (χ0) is 27.8. The van der Waals surface area contributed by atoms with Crippen LogP contribution in [0.5, 0.6) is 5.75 Å². The number of Topliss-reactive ketones (excluding diaryl/α,β-unsaturated/α-hetero) is 1. The van der Waals surface area contributed by atoms with Gasteiger partial charge in [0.25, 0.3) is 0 Å². The first kappa shape index (κ1) is 29.2. The molecule has 4 N–H and O–H groups in total. The third-order valence-electron chi connectivity index (χ3n) is 7.72. The van der Waals surface area contributed by atoms with Crippen LogP contribution in [0, 0.1) is 0 Å². The minimum Gasteiger partial charge on any atom is -0.497 e. The summed E-state index contributed by atoms with van der Waals surface area (Å²) in [6.07, 6.45) is 2.39. The van der Waals surface area contributed by atoms with E-state index < -0.39 is 23.9 Å². The highest BCUT2D eigenvalue weighted by atomic mass is 16.6. The largest absolute Gasteiger partial charge is 0.497 e. The van der Waals surface area contributed by atoms with Crippen molar-refractivity contribution < 1.29 is 29.3 Å². The van der Waals surface area contributed by atoms with Crippen molar-refractivity contribution in [3.8, 4) is 5.75 Å². The van der Waals surface area contributed by atoms with Gasteiger partial charge < -0.3 is 25.0 Å². The van der Waals surface area contributed by atoms with Gasteiger partial charge in [-0.15, -0.1) is 0 Å². The standard InChI is InChI=1S/C30H41N3O6/c1-30(20-39-30)28(36)25(16-21-8-4-3-5-9-21)32-29(37)26(17-22-11-13-24(38-2)14-12-22)31-27(35)18-33-15-7-6-10-23(33)19-34/h3-5,8-9,11-14,23,25-26,29,32,34,37H,6-7,10,15-20H2,1-2H3,(H,31,35)/t23-,25-,26-,29?,30+/m0/s1. The minimum atomic E-state index is -1.20. The number of nitrogens with one attached hydrogen (secondary N) is 2. The van der Waals surface area contributed by atoms with Crippen LogP contribution in [0.3, 0.4) is 0 Å². The number of benzene rings is 2. The molecular formula is C30H41N3O6. The Morgan fingerprint density at radius 3 is 2.44 bits per heavy atom. The second-order valence-corrected chi connectivity index (χ2v) is 10.8. The smallest absolute Gasteiger partial charge is 0.234 e. The van der Waals surface area contributed by atoms with Crippen molar-refractivity contribution in [2.45, 2.75) is 69.0 Å². The molecule has 0 radical (unpaired) electrons. The molecule has 1 amide bonds. The van der Waals surface area contributed by atoms with Crippen LogP contribution >= 0.6 is 0 Å². The van der Waals surface area contributed by atoms with E-state index in [1.807, 2.05) is 59.5 Å². The molecule has 1 unspecified atom stereocenters. The number of amides is 1. The van der Waals surface area contributed by atoms with E-state index in [2.05, 4.69) is 10.6 Å². The number of piperidine rings is 1. The summed E-state index contributed by atoms with van der Waals surface area (Å²) >= 11 is 0. The summed E-state index contributed by atoms with van der Waals surface area (Å²) in [4.78, 5) is 28.5. The lowest BCUT2D eigenvalue weighted by molar-refractivity contribution is -0.127. The van der Waals surface area contributed by atoms with Crippen molar-refractivity contribution in [3.05, 3.63) is 65.7 Å². The first-order chi connectivity index (χ1) is 18.8. The predicted molar refractivity (Wildman–Crippen MR) is 147 cm³/mol. The SMILES string of the molecule is COc1ccc(C[C@H](NC(=O)CN2CCCC[C@H]2CO)C(O)N[C@@H](Cc2ccccc2)C(=O)[C@@]2(C)CO2)cc1. The molecule has 212 valence electrons. The molecule has 9 heteroatoms. The van der Waals surface area contributed by atoms with Crippen molar-refractivity contribution in [2.75, 3.05) is 33.4 Å². The molecule has 2 heterocycles. The maximum atomic E-state index is 13.3. The van der Waals surface area contributed by atoms with E-state index >= 15 is 0 Å². The number of carbonyl (C=O) groups is 2. The molecule has 2 fully saturated rings. The minimum absolute atomic E-state index is 0.0108. The van der Waals surface area contributed by atoms with Crippen LogP contribution in [0.4, 0.5) is 0 Å².